The summed E-state index contributed by atoms with van der Waals surface area (Å²) in [6, 6.07) is 14.5. The Labute approximate surface area is 190 Å². The van der Waals surface area contributed by atoms with Crippen LogP contribution in [0.1, 0.15) is 5.69 Å². The van der Waals surface area contributed by atoms with Crippen LogP contribution in [0.3, 0.4) is 0 Å². The Bertz CT molecular complexity index is 1270. The average Bonchev–Trinajstić information content (AvgIpc) is 3.39. The van der Waals surface area contributed by atoms with Gasteiger partial charge in [0.25, 0.3) is 10.9 Å². The van der Waals surface area contributed by atoms with Crippen molar-refractivity contribution in [2.75, 3.05) is 11.1 Å². The largest absolute Gasteiger partial charge is 0.411 e. The molecule has 162 valence electrons. The highest BCUT2D eigenvalue weighted by Crippen LogP contribution is 2.25. The summed E-state index contributed by atoms with van der Waals surface area (Å²) in [4.78, 5) is 22.8. The second kappa shape index (κ2) is 9.20. The van der Waals surface area contributed by atoms with Gasteiger partial charge >= 0.3 is 0 Å². The summed E-state index contributed by atoms with van der Waals surface area (Å²) >= 11 is 6.98. The van der Waals surface area contributed by atoms with Crippen LogP contribution in [0.5, 0.6) is 0 Å². The number of nitrogens with zero attached hydrogens (tertiary/aromatic N) is 5. The number of halogens is 1. The van der Waals surface area contributed by atoms with E-state index in [0.29, 0.717) is 28.1 Å². The summed E-state index contributed by atoms with van der Waals surface area (Å²) in [6.07, 6.45) is 0. The third-order valence-corrected chi connectivity index (χ3v) is 5.30. The van der Waals surface area contributed by atoms with Crippen LogP contribution in [0.15, 0.2) is 64.2 Å². The third kappa shape index (κ3) is 4.95. The molecule has 0 radical (unpaired) electrons. The van der Waals surface area contributed by atoms with E-state index in [1.807, 2.05) is 0 Å². The van der Waals surface area contributed by atoms with E-state index in [4.69, 9.17) is 16.0 Å². The molecule has 4 rings (SSSR count). The highest BCUT2D eigenvalue weighted by molar-refractivity contribution is 7.99. The van der Waals surface area contributed by atoms with Gasteiger partial charge in [-0.05, 0) is 43.3 Å². The summed E-state index contributed by atoms with van der Waals surface area (Å²) < 4.78 is 7.09. The van der Waals surface area contributed by atoms with E-state index in [-0.39, 0.29) is 22.6 Å². The molecule has 0 unspecified atom stereocenters. The minimum Gasteiger partial charge on any atom is -0.411 e. The monoisotopic (exact) mass is 470 g/mol. The molecule has 0 aliphatic heterocycles. The number of aromatic nitrogens is 4. The number of amides is 1. The van der Waals surface area contributed by atoms with Crippen molar-refractivity contribution in [2.45, 2.75) is 12.1 Å². The molecule has 0 aliphatic carbocycles. The Morgan fingerprint density at radius 1 is 1.19 bits per heavy atom. The van der Waals surface area contributed by atoms with Gasteiger partial charge in [-0.15, -0.1) is 10.2 Å². The number of nitro groups is 1. The molecule has 2 aromatic heterocycles. The molecule has 0 saturated heterocycles. The Kier molecular flexibility index (Phi) is 6.19. The van der Waals surface area contributed by atoms with Crippen LogP contribution in [0.25, 0.3) is 17.1 Å². The zero-order valence-corrected chi connectivity index (χ0v) is 18.1. The van der Waals surface area contributed by atoms with Gasteiger partial charge in [0, 0.05) is 28.8 Å². The molecule has 0 bridgehead atoms. The smallest absolute Gasteiger partial charge is 0.277 e. The SMILES string of the molecule is Cc1cc(NC(=O)CSc2nnc(-c3ccc(Cl)cc3)o2)n(-c2ccc([N+](=O)[O-])cc2)n1. The molecule has 10 nitrogen and oxygen atoms in total. The predicted molar refractivity (Wildman–Crippen MR) is 119 cm³/mol. The molecule has 2 heterocycles. The topological polar surface area (TPSA) is 129 Å². The van der Waals surface area contributed by atoms with Crippen molar-refractivity contribution in [3.05, 3.63) is 75.4 Å². The number of anilines is 1. The van der Waals surface area contributed by atoms with Crippen LogP contribution < -0.4 is 5.32 Å². The van der Waals surface area contributed by atoms with Gasteiger partial charge in [-0.2, -0.15) is 5.10 Å². The molecule has 4 aromatic rings. The van der Waals surface area contributed by atoms with Crippen molar-refractivity contribution in [3.63, 3.8) is 0 Å². The zero-order valence-electron chi connectivity index (χ0n) is 16.6. The number of carbonyl (C=O) groups excluding carboxylic acids is 1. The maximum atomic E-state index is 12.5. The first-order valence-corrected chi connectivity index (χ1v) is 10.6. The quantitative estimate of drug-likeness (QED) is 0.237. The molecule has 0 atom stereocenters. The van der Waals surface area contributed by atoms with E-state index in [2.05, 4.69) is 20.6 Å². The van der Waals surface area contributed by atoms with Crippen LogP contribution in [-0.4, -0.2) is 36.6 Å². The van der Waals surface area contributed by atoms with Gasteiger partial charge in [0.05, 0.1) is 22.1 Å². The number of nitro benzene ring substituents is 1. The molecule has 0 aliphatic rings. The number of thioether (sulfide) groups is 1. The number of non-ortho nitro benzene ring substituents is 1. The van der Waals surface area contributed by atoms with E-state index in [1.165, 1.54) is 16.8 Å². The lowest BCUT2D eigenvalue weighted by Crippen LogP contribution is -2.17. The van der Waals surface area contributed by atoms with Crippen molar-refractivity contribution in [2.24, 2.45) is 0 Å². The fraction of sp³-hybridized carbons (Fsp3) is 0.100. The van der Waals surface area contributed by atoms with Crippen molar-refractivity contribution in [1.29, 1.82) is 0 Å². The van der Waals surface area contributed by atoms with E-state index in [9.17, 15) is 14.9 Å². The summed E-state index contributed by atoms with van der Waals surface area (Å²) in [7, 11) is 0. The lowest BCUT2D eigenvalue weighted by atomic mass is 10.2. The van der Waals surface area contributed by atoms with E-state index >= 15 is 0 Å². The third-order valence-electron chi connectivity index (χ3n) is 4.23. The molecular formula is C20H15ClN6O4S. The van der Waals surface area contributed by atoms with Gasteiger partial charge in [0.1, 0.15) is 5.82 Å². The van der Waals surface area contributed by atoms with E-state index in [1.54, 1.807) is 49.4 Å². The summed E-state index contributed by atoms with van der Waals surface area (Å²) in [5.74, 6) is 0.502. The van der Waals surface area contributed by atoms with Crippen molar-refractivity contribution in [1.82, 2.24) is 20.0 Å². The van der Waals surface area contributed by atoms with E-state index in [0.717, 1.165) is 17.3 Å². The molecule has 1 N–H and O–H groups in total. The van der Waals surface area contributed by atoms with Gasteiger partial charge < -0.3 is 9.73 Å². The lowest BCUT2D eigenvalue weighted by Gasteiger charge is -2.08. The summed E-state index contributed by atoms with van der Waals surface area (Å²) in [5, 5.41) is 26.8. The molecule has 0 spiro atoms. The number of nitrogens with one attached hydrogen (secondary N) is 1. The highest BCUT2D eigenvalue weighted by atomic mass is 35.5. The molecular weight excluding hydrogens is 456 g/mol. The number of aryl methyl sites for hydroxylation is 1. The summed E-state index contributed by atoms with van der Waals surface area (Å²) in [5.41, 5.74) is 1.95. The fourth-order valence-corrected chi connectivity index (χ4v) is 3.47. The van der Waals surface area contributed by atoms with Gasteiger partial charge in [-0.3, -0.25) is 14.9 Å². The minimum absolute atomic E-state index is 0.0304. The molecule has 32 heavy (non-hydrogen) atoms. The Morgan fingerprint density at radius 2 is 1.91 bits per heavy atom. The van der Waals surface area contributed by atoms with Crippen molar-refractivity contribution in [3.8, 4) is 17.1 Å². The van der Waals surface area contributed by atoms with Gasteiger partial charge in [0.15, 0.2) is 0 Å². The number of hydrogen-bond acceptors (Lipinski definition) is 8. The van der Waals surface area contributed by atoms with Gasteiger partial charge in [-0.25, -0.2) is 4.68 Å². The Morgan fingerprint density at radius 3 is 2.59 bits per heavy atom. The first-order chi connectivity index (χ1) is 15.4. The minimum atomic E-state index is -0.478. The highest BCUT2D eigenvalue weighted by Gasteiger charge is 2.15. The average molecular weight is 471 g/mol. The van der Waals surface area contributed by atoms with Crippen molar-refractivity contribution >= 4 is 40.8 Å². The van der Waals surface area contributed by atoms with Crippen LogP contribution >= 0.6 is 23.4 Å². The van der Waals surface area contributed by atoms with Crippen LogP contribution in [0.4, 0.5) is 11.5 Å². The van der Waals surface area contributed by atoms with Crippen LogP contribution in [0.2, 0.25) is 5.02 Å². The lowest BCUT2D eigenvalue weighted by molar-refractivity contribution is -0.384. The van der Waals surface area contributed by atoms with Crippen LogP contribution in [-0.2, 0) is 4.79 Å². The molecule has 0 saturated carbocycles. The molecule has 0 fully saturated rings. The molecule has 12 heteroatoms. The molecule has 1 amide bonds. The van der Waals surface area contributed by atoms with E-state index < -0.39 is 4.92 Å². The summed E-state index contributed by atoms with van der Waals surface area (Å²) in [6.45, 7) is 1.78. The number of carbonyl (C=O) groups is 1. The Balaban J connectivity index is 1.41. The number of rotatable bonds is 7. The van der Waals surface area contributed by atoms with Gasteiger partial charge in [0.2, 0.25) is 11.8 Å². The first kappa shape index (κ1) is 21.5. The van der Waals surface area contributed by atoms with Crippen LogP contribution in [0, 0.1) is 17.0 Å². The maximum Gasteiger partial charge on any atom is 0.277 e. The molecule has 2 aromatic carbocycles. The van der Waals surface area contributed by atoms with Gasteiger partial charge in [-0.1, -0.05) is 23.4 Å². The number of benzene rings is 2. The Hall–Kier alpha value is -3.70. The fourth-order valence-electron chi connectivity index (χ4n) is 2.78. The normalized spacial score (nSPS) is 10.8. The first-order valence-electron chi connectivity index (χ1n) is 9.22. The maximum absolute atomic E-state index is 12.5. The van der Waals surface area contributed by atoms with Crippen molar-refractivity contribution < 1.29 is 14.1 Å². The predicted octanol–water partition coefficient (Wildman–Crippen LogP) is 4.52. The number of hydrogen-bond donors (Lipinski definition) is 1. The second-order valence-electron chi connectivity index (χ2n) is 6.57. The zero-order chi connectivity index (χ0) is 22.7. The standard InChI is InChI=1S/C20H15ClN6O4S/c1-12-10-17(26(25-12)15-6-8-16(9-7-15)27(29)30)22-18(28)11-32-20-24-23-19(31-20)13-2-4-14(21)5-3-13/h2-10H,11H2,1H3,(H,22,28). The second-order valence-corrected chi connectivity index (χ2v) is 7.94.